The zero-order chi connectivity index (χ0) is 16.9. The molecule has 0 aliphatic carbocycles. The lowest BCUT2D eigenvalue weighted by Crippen LogP contribution is -2.15. The quantitative estimate of drug-likeness (QED) is 0.697. The summed E-state index contributed by atoms with van der Waals surface area (Å²) in [5, 5.41) is 15.8. The van der Waals surface area contributed by atoms with E-state index in [-0.39, 0.29) is 0 Å². The molecule has 0 radical (unpaired) electrons. The predicted octanol–water partition coefficient (Wildman–Crippen LogP) is 3.72. The Kier molecular flexibility index (Phi) is 5.30. The first-order chi connectivity index (χ1) is 11.7. The number of benzene rings is 3. The third-order valence-corrected chi connectivity index (χ3v) is 5.43. The fourth-order valence-corrected chi connectivity index (χ4v) is 3.99. The molecule has 1 unspecified atom stereocenters. The summed E-state index contributed by atoms with van der Waals surface area (Å²) in [7, 11) is 2.39. The first-order valence-electron chi connectivity index (χ1n) is 8.07. The standard InChI is InChI=1S/C21H22NOP/c1-15-8-11-20(18(12-15)14-22-2)24-21-13-17(9-10-19(21)23)16-6-4-3-5-7-16/h3-13,22-24H,14H2,1-2H3. The van der Waals surface area contributed by atoms with Crippen molar-refractivity contribution in [3.63, 3.8) is 0 Å². The molecule has 122 valence electrons. The Morgan fingerprint density at radius 2 is 1.67 bits per heavy atom. The van der Waals surface area contributed by atoms with Gasteiger partial charge in [-0.3, -0.25) is 0 Å². The summed E-state index contributed by atoms with van der Waals surface area (Å²) in [5.41, 5.74) is 4.86. The first kappa shape index (κ1) is 16.7. The van der Waals surface area contributed by atoms with Gasteiger partial charge in [-0.05, 0) is 48.1 Å². The highest BCUT2D eigenvalue weighted by Gasteiger charge is 2.09. The topological polar surface area (TPSA) is 32.3 Å². The van der Waals surface area contributed by atoms with Crippen LogP contribution in [0.3, 0.4) is 0 Å². The van der Waals surface area contributed by atoms with Gasteiger partial charge in [0.15, 0.2) is 0 Å². The Morgan fingerprint density at radius 3 is 2.42 bits per heavy atom. The van der Waals surface area contributed by atoms with Crippen LogP contribution in [0.2, 0.25) is 0 Å². The van der Waals surface area contributed by atoms with Gasteiger partial charge in [-0.2, -0.15) is 0 Å². The van der Waals surface area contributed by atoms with Crippen LogP contribution in [-0.4, -0.2) is 12.2 Å². The Labute approximate surface area is 145 Å². The van der Waals surface area contributed by atoms with E-state index in [1.54, 1.807) is 6.07 Å². The molecule has 3 heteroatoms. The minimum atomic E-state index is 0.365. The molecule has 0 bridgehead atoms. The normalized spacial score (nSPS) is 11.2. The third-order valence-electron chi connectivity index (χ3n) is 4.00. The molecule has 0 fully saturated rings. The van der Waals surface area contributed by atoms with Crippen molar-refractivity contribution in [3.05, 3.63) is 77.9 Å². The number of rotatable bonds is 5. The Morgan fingerprint density at radius 1 is 0.875 bits per heavy atom. The SMILES string of the molecule is CNCc1cc(C)ccc1Pc1cc(-c2ccccc2)ccc1O. The highest BCUT2D eigenvalue weighted by molar-refractivity contribution is 7.55. The molecular weight excluding hydrogens is 313 g/mol. The lowest BCUT2D eigenvalue weighted by atomic mass is 10.1. The highest BCUT2D eigenvalue weighted by atomic mass is 31.1. The molecule has 0 aliphatic heterocycles. The molecule has 0 saturated heterocycles. The molecule has 3 rings (SSSR count). The van der Waals surface area contributed by atoms with Gasteiger partial charge in [0.05, 0.1) is 0 Å². The first-order valence-corrected chi connectivity index (χ1v) is 9.07. The maximum absolute atomic E-state index is 10.3. The monoisotopic (exact) mass is 335 g/mol. The summed E-state index contributed by atoms with van der Waals surface area (Å²) in [5.74, 6) is 0.365. The van der Waals surface area contributed by atoms with Gasteiger partial charge in [0.1, 0.15) is 5.75 Å². The van der Waals surface area contributed by atoms with Crippen LogP contribution in [0.5, 0.6) is 5.75 Å². The lowest BCUT2D eigenvalue weighted by molar-refractivity contribution is 0.480. The zero-order valence-corrected chi connectivity index (χ0v) is 15.0. The predicted molar refractivity (Wildman–Crippen MR) is 105 cm³/mol. The van der Waals surface area contributed by atoms with E-state index < -0.39 is 0 Å². The fraction of sp³-hybridized carbons (Fsp3) is 0.143. The minimum Gasteiger partial charge on any atom is -0.507 e. The Balaban J connectivity index is 1.96. The van der Waals surface area contributed by atoms with Gasteiger partial charge in [-0.1, -0.05) is 68.7 Å². The second kappa shape index (κ2) is 7.61. The van der Waals surface area contributed by atoms with Crippen LogP contribution in [0.4, 0.5) is 0 Å². The maximum Gasteiger partial charge on any atom is 0.123 e. The van der Waals surface area contributed by atoms with E-state index in [1.165, 1.54) is 22.0 Å². The summed E-state index contributed by atoms with van der Waals surface area (Å²) < 4.78 is 0. The second-order valence-electron chi connectivity index (χ2n) is 5.91. The molecule has 0 amide bonds. The molecule has 0 heterocycles. The van der Waals surface area contributed by atoms with Crippen LogP contribution < -0.4 is 15.9 Å². The number of phenols is 1. The van der Waals surface area contributed by atoms with E-state index in [4.69, 9.17) is 0 Å². The lowest BCUT2D eigenvalue weighted by Gasteiger charge is -2.13. The summed E-state index contributed by atoms with van der Waals surface area (Å²) in [6.45, 7) is 2.95. The average molecular weight is 335 g/mol. The number of hydrogen-bond donors (Lipinski definition) is 2. The van der Waals surface area contributed by atoms with Gasteiger partial charge in [-0.25, -0.2) is 0 Å². The number of phenolic OH excluding ortho intramolecular Hbond substituents is 1. The van der Waals surface area contributed by atoms with Gasteiger partial charge in [0.2, 0.25) is 0 Å². The van der Waals surface area contributed by atoms with Crippen molar-refractivity contribution >= 4 is 19.2 Å². The minimum absolute atomic E-state index is 0.365. The number of aromatic hydroxyl groups is 1. The number of hydrogen-bond acceptors (Lipinski definition) is 2. The molecule has 0 aromatic heterocycles. The molecule has 2 nitrogen and oxygen atoms in total. The molecule has 0 aliphatic rings. The Hall–Kier alpha value is -2.15. The van der Waals surface area contributed by atoms with E-state index in [1.807, 2.05) is 31.3 Å². The van der Waals surface area contributed by atoms with Gasteiger partial charge in [-0.15, -0.1) is 0 Å². The van der Waals surface area contributed by atoms with Crippen LogP contribution in [0.1, 0.15) is 11.1 Å². The summed E-state index contributed by atoms with van der Waals surface area (Å²) in [4.78, 5) is 0. The number of aryl methyl sites for hydroxylation is 1. The highest BCUT2D eigenvalue weighted by Crippen LogP contribution is 2.26. The summed E-state index contributed by atoms with van der Waals surface area (Å²) in [6.07, 6.45) is 0. The summed E-state index contributed by atoms with van der Waals surface area (Å²) in [6, 6.07) is 22.7. The molecule has 0 spiro atoms. The van der Waals surface area contributed by atoms with Crippen LogP contribution in [-0.2, 0) is 6.54 Å². The molecule has 0 saturated carbocycles. The fourth-order valence-electron chi connectivity index (χ4n) is 2.77. The second-order valence-corrected chi connectivity index (χ2v) is 7.24. The van der Waals surface area contributed by atoms with Crippen LogP contribution in [0, 0.1) is 6.92 Å². The van der Waals surface area contributed by atoms with Crippen molar-refractivity contribution in [1.29, 1.82) is 0 Å². The van der Waals surface area contributed by atoms with Crippen LogP contribution >= 0.6 is 8.58 Å². The largest absolute Gasteiger partial charge is 0.507 e. The third kappa shape index (κ3) is 3.84. The van der Waals surface area contributed by atoms with Crippen LogP contribution in [0.25, 0.3) is 11.1 Å². The van der Waals surface area contributed by atoms with Gasteiger partial charge < -0.3 is 10.4 Å². The molecule has 1 atom stereocenters. The maximum atomic E-state index is 10.3. The van der Waals surface area contributed by atoms with Crippen molar-refractivity contribution in [3.8, 4) is 16.9 Å². The van der Waals surface area contributed by atoms with Crippen molar-refractivity contribution in [2.75, 3.05) is 7.05 Å². The molecule has 3 aromatic rings. The average Bonchev–Trinajstić information content (AvgIpc) is 2.60. The molecule has 3 aromatic carbocycles. The van der Waals surface area contributed by atoms with E-state index in [2.05, 4.69) is 48.6 Å². The van der Waals surface area contributed by atoms with Gasteiger partial charge >= 0.3 is 0 Å². The molecular formula is C21H22NOP. The Bertz CT molecular complexity index is 830. The molecule has 2 N–H and O–H groups in total. The summed E-state index contributed by atoms with van der Waals surface area (Å²) >= 11 is 0. The van der Waals surface area contributed by atoms with E-state index >= 15 is 0 Å². The van der Waals surface area contributed by atoms with E-state index in [0.717, 1.165) is 17.4 Å². The van der Waals surface area contributed by atoms with E-state index in [9.17, 15) is 5.11 Å². The van der Waals surface area contributed by atoms with Crippen molar-refractivity contribution in [2.24, 2.45) is 0 Å². The van der Waals surface area contributed by atoms with Crippen LogP contribution in [0.15, 0.2) is 66.7 Å². The van der Waals surface area contributed by atoms with Crippen molar-refractivity contribution < 1.29 is 5.11 Å². The smallest absolute Gasteiger partial charge is 0.123 e. The zero-order valence-electron chi connectivity index (χ0n) is 14.0. The van der Waals surface area contributed by atoms with Crippen molar-refractivity contribution in [2.45, 2.75) is 13.5 Å². The number of nitrogens with one attached hydrogen (secondary N) is 1. The van der Waals surface area contributed by atoms with Gasteiger partial charge in [0.25, 0.3) is 0 Å². The molecule has 24 heavy (non-hydrogen) atoms. The van der Waals surface area contributed by atoms with E-state index in [0.29, 0.717) is 14.3 Å². The van der Waals surface area contributed by atoms with Crippen molar-refractivity contribution in [1.82, 2.24) is 5.32 Å². The van der Waals surface area contributed by atoms with Gasteiger partial charge in [0, 0.05) is 11.8 Å².